The summed E-state index contributed by atoms with van der Waals surface area (Å²) in [7, 11) is 0. The van der Waals surface area contributed by atoms with Crippen molar-refractivity contribution in [2.45, 2.75) is 27.3 Å². The van der Waals surface area contributed by atoms with Crippen LogP contribution in [-0.4, -0.2) is 23.9 Å². The summed E-state index contributed by atoms with van der Waals surface area (Å²) in [5.74, 6) is 0.315. The van der Waals surface area contributed by atoms with Crippen LogP contribution in [0.5, 0.6) is 0 Å². The Morgan fingerprint density at radius 2 is 1.94 bits per heavy atom. The third-order valence-electron chi connectivity index (χ3n) is 2.75. The van der Waals surface area contributed by atoms with Crippen LogP contribution < -0.4 is 5.73 Å². The first-order chi connectivity index (χ1) is 8.08. The molecule has 102 valence electrons. The van der Waals surface area contributed by atoms with Crippen molar-refractivity contribution in [2.24, 2.45) is 10.7 Å². The molecule has 0 unspecified atom stereocenters. The van der Waals surface area contributed by atoms with Crippen LogP contribution in [0.1, 0.15) is 25.0 Å². The van der Waals surface area contributed by atoms with E-state index in [0.29, 0.717) is 18.1 Å². The lowest BCUT2D eigenvalue weighted by Gasteiger charge is -2.19. The van der Waals surface area contributed by atoms with Crippen LogP contribution in [0.2, 0.25) is 0 Å². The molecule has 0 saturated heterocycles. The molecule has 3 nitrogen and oxygen atoms in total. The number of hydrogen-bond acceptors (Lipinski definition) is 1. The van der Waals surface area contributed by atoms with Crippen LogP contribution in [0.4, 0.5) is 4.39 Å². The highest BCUT2D eigenvalue weighted by Gasteiger charge is 2.02. The number of aryl methyl sites for hydroxylation is 1. The zero-order valence-corrected chi connectivity index (χ0v) is 13.4. The maximum atomic E-state index is 13.3. The summed E-state index contributed by atoms with van der Waals surface area (Å²) in [6.45, 7) is 7.86. The van der Waals surface area contributed by atoms with Gasteiger partial charge >= 0.3 is 0 Å². The van der Waals surface area contributed by atoms with Gasteiger partial charge in [-0.2, -0.15) is 0 Å². The lowest BCUT2D eigenvalue weighted by atomic mass is 10.1. The van der Waals surface area contributed by atoms with Crippen molar-refractivity contribution in [3.8, 4) is 0 Å². The van der Waals surface area contributed by atoms with Crippen molar-refractivity contribution in [1.82, 2.24) is 4.90 Å². The molecule has 0 heterocycles. The number of halogens is 2. The summed E-state index contributed by atoms with van der Waals surface area (Å²) in [5, 5.41) is 0. The summed E-state index contributed by atoms with van der Waals surface area (Å²) in [6.07, 6.45) is 0. The molecule has 0 aliphatic heterocycles. The third kappa shape index (κ3) is 4.80. The van der Waals surface area contributed by atoms with E-state index in [1.807, 2.05) is 24.8 Å². The number of hydrogen-bond donors (Lipinski definition) is 1. The molecular weight excluding hydrogens is 344 g/mol. The second-order valence-electron chi connectivity index (χ2n) is 3.93. The smallest absolute Gasteiger partial charge is 0.191 e. The molecule has 0 radical (unpaired) electrons. The van der Waals surface area contributed by atoms with Gasteiger partial charge in [-0.3, -0.25) is 0 Å². The molecule has 0 amide bonds. The SMILES string of the molecule is CCN(CC)C(N)=NCc1ccc(C)c(F)c1.I. The molecule has 0 aromatic heterocycles. The van der Waals surface area contributed by atoms with Crippen molar-refractivity contribution in [1.29, 1.82) is 0 Å². The highest BCUT2D eigenvalue weighted by molar-refractivity contribution is 14.0. The number of guanidine groups is 1. The Morgan fingerprint density at radius 1 is 1.33 bits per heavy atom. The summed E-state index contributed by atoms with van der Waals surface area (Å²) in [4.78, 5) is 6.22. The Labute approximate surface area is 125 Å². The average molecular weight is 365 g/mol. The molecule has 2 N–H and O–H groups in total. The second kappa shape index (κ2) is 8.29. The zero-order valence-electron chi connectivity index (χ0n) is 11.1. The van der Waals surface area contributed by atoms with Gasteiger partial charge in [0.2, 0.25) is 0 Å². The monoisotopic (exact) mass is 365 g/mol. The van der Waals surface area contributed by atoms with Crippen LogP contribution in [0.25, 0.3) is 0 Å². The summed E-state index contributed by atoms with van der Waals surface area (Å²) < 4.78 is 13.3. The Bertz CT molecular complexity index is 403. The van der Waals surface area contributed by atoms with E-state index in [1.165, 1.54) is 6.07 Å². The van der Waals surface area contributed by atoms with E-state index in [-0.39, 0.29) is 29.8 Å². The molecule has 0 aliphatic rings. The molecule has 0 fully saturated rings. The molecule has 0 spiro atoms. The normalized spacial score (nSPS) is 11.0. The molecule has 1 aromatic rings. The van der Waals surface area contributed by atoms with Gasteiger partial charge in [-0.25, -0.2) is 9.38 Å². The van der Waals surface area contributed by atoms with Gasteiger partial charge in [-0.05, 0) is 38.0 Å². The Balaban J connectivity index is 0.00000289. The fourth-order valence-electron chi connectivity index (χ4n) is 1.55. The van der Waals surface area contributed by atoms with E-state index < -0.39 is 0 Å². The number of rotatable bonds is 4. The zero-order chi connectivity index (χ0) is 12.8. The van der Waals surface area contributed by atoms with Gasteiger partial charge in [0, 0.05) is 13.1 Å². The average Bonchev–Trinajstić information content (AvgIpc) is 2.32. The van der Waals surface area contributed by atoms with Crippen molar-refractivity contribution in [3.05, 3.63) is 35.1 Å². The summed E-state index contributed by atoms with van der Waals surface area (Å²) in [6, 6.07) is 5.14. The Kier molecular flexibility index (Phi) is 7.90. The molecule has 0 aliphatic carbocycles. The van der Waals surface area contributed by atoms with Crippen LogP contribution in [0.3, 0.4) is 0 Å². The van der Waals surface area contributed by atoms with Crippen molar-refractivity contribution in [2.75, 3.05) is 13.1 Å². The molecule has 18 heavy (non-hydrogen) atoms. The lowest BCUT2D eigenvalue weighted by Crippen LogP contribution is -2.37. The second-order valence-corrected chi connectivity index (χ2v) is 3.93. The molecule has 0 saturated carbocycles. The third-order valence-corrected chi connectivity index (χ3v) is 2.75. The minimum absolute atomic E-state index is 0. The van der Waals surface area contributed by atoms with E-state index in [4.69, 9.17) is 5.73 Å². The minimum atomic E-state index is -0.195. The van der Waals surface area contributed by atoms with E-state index >= 15 is 0 Å². The fraction of sp³-hybridized carbons (Fsp3) is 0.462. The van der Waals surface area contributed by atoms with Gasteiger partial charge in [0.1, 0.15) is 5.82 Å². The van der Waals surface area contributed by atoms with Gasteiger partial charge in [-0.1, -0.05) is 12.1 Å². The first kappa shape index (κ1) is 17.2. The van der Waals surface area contributed by atoms with Crippen LogP contribution in [-0.2, 0) is 6.54 Å². The van der Waals surface area contributed by atoms with Crippen LogP contribution in [0, 0.1) is 12.7 Å². The van der Waals surface area contributed by atoms with Gasteiger partial charge in [0.15, 0.2) is 5.96 Å². The lowest BCUT2D eigenvalue weighted by molar-refractivity contribution is 0.458. The quantitative estimate of drug-likeness (QED) is 0.507. The van der Waals surface area contributed by atoms with Gasteiger partial charge in [0.05, 0.1) is 6.54 Å². The molecular formula is C13H21FIN3. The molecule has 1 rings (SSSR count). The summed E-state index contributed by atoms with van der Waals surface area (Å²) >= 11 is 0. The first-order valence-corrected chi connectivity index (χ1v) is 5.88. The maximum Gasteiger partial charge on any atom is 0.191 e. The molecule has 1 aromatic carbocycles. The maximum absolute atomic E-state index is 13.3. The van der Waals surface area contributed by atoms with Gasteiger partial charge in [0.25, 0.3) is 0 Å². The van der Waals surface area contributed by atoms with E-state index in [2.05, 4.69) is 4.99 Å². The van der Waals surface area contributed by atoms with Crippen LogP contribution in [0.15, 0.2) is 23.2 Å². The fourth-order valence-corrected chi connectivity index (χ4v) is 1.55. The van der Waals surface area contributed by atoms with Crippen molar-refractivity contribution < 1.29 is 4.39 Å². The van der Waals surface area contributed by atoms with E-state index in [9.17, 15) is 4.39 Å². The van der Waals surface area contributed by atoms with E-state index in [1.54, 1.807) is 13.0 Å². The van der Waals surface area contributed by atoms with Crippen molar-refractivity contribution in [3.63, 3.8) is 0 Å². The largest absolute Gasteiger partial charge is 0.370 e. The number of aliphatic imine (C=N–C) groups is 1. The Morgan fingerprint density at radius 3 is 2.44 bits per heavy atom. The predicted molar refractivity (Wildman–Crippen MR) is 84.8 cm³/mol. The summed E-state index contributed by atoms with van der Waals surface area (Å²) in [5.41, 5.74) is 7.32. The predicted octanol–water partition coefficient (Wildman–Crippen LogP) is 2.91. The standard InChI is InChI=1S/C13H20FN3.HI/c1-4-17(5-2)13(15)16-9-11-7-6-10(3)12(14)8-11;/h6-8H,4-5,9H2,1-3H3,(H2,15,16);1H. The molecule has 0 atom stereocenters. The van der Waals surface area contributed by atoms with Gasteiger partial charge in [-0.15, -0.1) is 24.0 Å². The molecule has 5 heteroatoms. The number of nitrogens with two attached hydrogens (primary N) is 1. The van der Waals surface area contributed by atoms with Crippen LogP contribution >= 0.6 is 24.0 Å². The first-order valence-electron chi connectivity index (χ1n) is 5.88. The Hall–Kier alpha value is -0.850. The number of benzene rings is 1. The number of nitrogens with zero attached hydrogens (tertiary/aromatic N) is 2. The van der Waals surface area contributed by atoms with Gasteiger partial charge < -0.3 is 10.6 Å². The highest BCUT2D eigenvalue weighted by Crippen LogP contribution is 2.10. The molecule has 0 bridgehead atoms. The topological polar surface area (TPSA) is 41.6 Å². The highest BCUT2D eigenvalue weighted by atomic mass is 127. The minimum Gasteiger partial charge on any atom is -0.370 e. The van der Waals surface area contributed by atoms with Crippen molar-refractivity contribution >= 4 is 29.9 Å². The van der Waals surface area contributed by atoms with E-state index in [0.717, 1.165) is 18.7 Å².